The van der Waals surface area contributed by atoms with E-state index >= 15 is 0 Å². The third kappa shape index (κ3) is 4.75. The lowest BCUT2D eigenvalue weighted by atomic mass is 9.57. The normalized spacial score (nSPS) is 19.9. The van der Waals surface area contributed by atoms with E-state index in [1.54, 1.807) is 12.1 Å². The summed E-state index contributed by atoms with van der Waals surface area (Å²) in [6, 6.07) is 8.81. The first-order valence-electron chi connectivity index (χ1n) is 13.0. The Balaban J connectivity index is 1.38. The number of nitrogens with one attached hydrogen (secondary N) is 1. The number of ether oxygens (including phenoxy) is 2. The van der Waals surface area contributed by atoms with E-state index in [1.807, 2.05) is 32.7 Å². The van der Waals surface area contributed by atoms with Crippen molar-refractivity contribution >= 4 is 65.9 Å². The van der Waals surface area contributed by atoms with Crippen molar-refractivity contribution < 1.29 is 28.7 Å². The zero-order chi connectivity index (χ0) is 27.2. The maximum absolute atomic E-state index is 13.2. The first kappa shape index (κ1) is 26.2. The molecule has 1 unspecified atom stereocenters. The first-order valence-corrected chi connectivity index (χ1v) is 13.0. The van der Waals surface area contributed by atoms with Crippen LogP contribution in [0.3, 0.4) is 0 Å². The lowest BCUT2D eigenvalue weighted by molar-refractivity contribution is -0.143. The molecule has 38 heavy (non-hydrogen) atoms. The van der Waals surface area contributed by atoms with Gasteiger partial charge in [0.25, 0.3) is 5.91 Å². The predicted molar refractivity (Wildman–Crippen MR) is 151 cm³/mol. The summed E-state index contributed by atoms with van der Waals surface area (Å²) in [5.41, 5.74) is 5.55. The summed E-state index contributed by atoms with van der Waals surface area (Å²) in [6.07, 6.45) is 0.522. The molecule has 1 N–H and O–H groups in total. The van der Waals surface area contributed by atoms with Crippen molar-refractivity contribution in [1.82, 2.24) is 15.1 Å². The number of amides is 4. The standard InChI is InChI=1S/C25H29B4N3O6/c26-21-13(10-31-8-9-37-12-20(31)34)4-5-16(22(21)27)25(28,29)38-18-3-1-2-14-15(18)11-32(24(14)36)17-6-7-19(33)30-23(17)35/h1-5,17H,6-12,26-29H2,(H,30,33,35). The Bertz CT molecular complexity index is 1350. The van der Waals surface area contributed by atoms with Crippen LogP contribution >= 0.6 is 0 Å². The molecule has 3 aliphatic rings. The summed E-state index contributed by atoms with van der Waals surface area (Å²) in [7, 11) is 8.11. The number of rotatable bonds is 6. The maximum atomic E-state index is 13.2. The minimum atomic E-state index is -0.720. The van der Waals surface area contributed by atoms with Gasteiger partial charge in [-0.25, -0.2) is 0 Å². The van der Waals surface area contributed by atoms with Crippen molar-refractivity contribution in [2.75, 3.05) is 19.8 Å². The Morgan fingerprint density at radius 2 is 1.87 bits per heavy atom. The highest BCUT2D eigenvalue weighted by molar-refractivity contribution is 6.51. The highest BCUT2D eigenvalue weighted by atomic mass is 16.5. The summed E-state index contributed by atoms with van der Waals surface area (Å²) in [5.74, 6) is -0.382. The van der Waals surface area contributed by atoms with Gasteiger partial charge >= 0.3 is 0 Å². The number of hydrogen-bond acceptors (Lipinski definition) is 6. The van der Waals surface area contributed by atoms with Gasteiger partial charge in [-0.15, -0.1) is 0 Å². The smallest absolute Gasteiger partial charge is 0.255 e. The van der Waals surface area contributed by atoms with E-state index in [4.69, 9.17) is 9.47 Å². The fourth-order valence-corrected chi connectivity index (χ4v) is 5.61. The zero-order valence-electron chi connectivity index (χ0n) is 22.3. The maximum Gasteiger partial charge on any atom is 0.255 e. The molecule has 2 fully saturated rings. The number of hydrogen-bond donors (Lipinski definition) is 1. The third-order valence-electron chi connectivity index (χ3n) is 7.90. The number of nitrogens with zero attached hydrogens (tertiary/aromatic N) is 2. The summed E-state index contributed by atoms with van der Waals surface area (Å²) in [6.45, 7) is 2.05. The number of morpholine rings is 1. The van der Waals surface area contributed by atoms with Crippen LogP contribution in [0.25, 0.3) is 0 Å². The van der Waals surface area contributed by atoms with Crippen molar-refractivity contribution in [3.05, 3.63) is 52.6 Å². The molecule has 1 atom stereocenters. The quantitative estimate of drug-likeness (QED) is 0.312. The van der Waals surface area contributed by atoms with Gasteiger partial charge < -0.3 is 19.3 Å². The molecule has 4 amide bonds. The average Bonchev–Trinajstić information content (AvgIpc) is 3.20. The van der Waals surface area contributed by atoms with Crippen molar-refractivity contribution in [3.8, 4) is 5.75 Å². The highest BCUT2D eigenvalue weighted by Crippen LogP contribution is 2.35. The fourth-order valence-electron chi connectivity index (χ4n) is 5.61. The van der Waals surface area contributed by atoms with Crippen LogP contribution in [0, 0.1) is 0 Å². The summed E-state index contributed by atoms with van der Waals surface area (Å²) >= 11 is 0. The number of imide groups is 1. The molecule has 0 aromatic heterocycles. The van der Waals surface area contributed by atoms with E-state index < -0.39 is 17.3 Å². The van der Waals surface area contributed by atoms with Gasteiger partial charge in [0.1, 0.15) is 34.1 Å². The number of benzene rings is 2. The van der Waals surface area contributed by atoms with Crippen molar-refractivity contribution in [1.29, 1.82) is 0 Å². The minimum absolute atomic E-state index is 0.000117. The molecule has 2 aromatic rings. The van der Waals surface area contributed by atoms with Crippen LogP contribution in [0.2, 0.25) is 0 Å². The van der Waals surface area contributed by atoms with Crippen LogP contribution in [0.1, 0.15) is 39.9 Å². The van der Waals surface area contributed by atoms with E-state index in [0.29, 0.717) is 37.4 Å². The molecule has 192 valence electrons. The Morgan fingerprint density at radius 3 is 2.61 bits per heavy atom. The summed E-state index contributed by atoms with van der Waals surface area (Å²) < 4.78 is 11.8. The van der Waals surface area contributed by atoms with Crippen LogP contribution in [-0.2, 0) is 37.6 Å². The minimum Gasteiger partial charge on any atom is -0.501 e. The average molecular weight is 511 g/mol. The largest absolute Gasteiger partial charge is 0.501 e. The van der Waals surface area contributed by atoms with Gasteiger partial charge in [0, 0.05) is 30.6 Å². The lowest BCUT2D eigenvalue weighted by Gasteiger charge is -2.33. The molecule has 3 aliphatic heterocycles. The molecule has 13 heteroatoms. The molecule has 5 rings (SSSR count). The van der Waals surface area contributed by atoms with E-state index in [0.717, 1.165) is 27.6 Å². The van der Waals surface area contributed by atoms with Crippen LogP contribution < -0.4 is 21.0 Å². The molecule has 2 saturated heterocycles. The molecule has 0 bridgehead atoms. The second-order valence-corrected chi connectivity index (χ2v) is 10.7. The van der Waals surface area contributed by atoms with Crippen molar-refractivity contribution in [2.45, 2.75) is 37.4 Å². The molecule has 3 heterocycles. The van der Waals surface area contributed by atoms with Crippen LogP contribution in [0.5, 0.6) is 5.75 Å². The summed E-state index contributed by atoms with van der Waals surface area (Å²) in [4.78, 5) is 52.8. The second-order valence-electron chi connectivity index (χ2n) is 10.7. The molecular weight excluding hydrogens is 482 g/mol. The van der Waals surface area contributed by atoms with E-state index in [-0.39, 0.29) is 37.3 Å². The van der Waals surface area contributed by atoms with Crippen LogP contribution in [-0.4, -0.2) is 90.6 Å². The van der Waals surface area contributed by atoms with Gasteiger partial charge in [-0.3, -0.25) is 24.5 Å². The molecular formula is C25H29B4N3O6. The van der Waals surface area contributed by atoms with E-state index in [9.17, 15) is 19.2 Å². The Hall–Kier alpha value is -3.46. The monoisotopic (exact) mass is 511 g/mol. The summed E-state index contributed by atoms with van der Waals surface area (Å²) in [5, 5.41) is 1.62. The number of carbonyl (C=O) groups excluding carboxylic acids is 4. The number of carbonyl (C=O) groups is 4. The van der Waals surface area contributed by atoms with Gasteiger partial charge in [0.2, 0.25) is 17.7 Å². The molecule has 0 aliphatic carbocycles. The van der Waals surface area contributed by atoms with Gasteiger partial charge in [-0.05, 0) is 29.7 Å². The van der Waals surface area contributed by atoms with Crippen molar-refractivity contribution in [3.63, 3.8) is 0 Å². The number of piperidine rings is 1. The highest BCUT2D eigenvalue weighted by Gasteiger charge is 2.40. The van der Waals surface area contributed by atoms with Crippen LogP contribution in [0.15, 0.2) is 30.3 Å². The topological polar surface area (TPSA) is 105 Å². The van der Waals surface area contributed by atoms with Gasteiger partial charge in [0.05, 0.1) is 18.6 Å². The van der Waals surface area contributed by atoms with E-state index in [2.05, 4.69) is 27.1 Å². The molecule has 0 spiro atoms. The van der Waals surface area contributed by atoms with Crippen molar-refractivity contribution in [2.24, 2.45) is 0 Å². The van der Waals surface area contributed by atoms with Gasteiger partial charge in [-0.1, -0.05) is 29.1 Å². The van der Waals surface area contributed by atoms with Crippen LogP contribution in [0.4, 0.5) is 0 Å². The molecule has 9 nitrogen and oxygen atoms in total. The Labute approximate surface area is 225 Å². The van der Waals surface area contributed by atoms with Gasteiger partial charge in [0.15, 0.2) is 15.7 Å². The predicted octanol–water partition coefficient (Wildman–Crippen LogP) is -4.22. The zero-order valence-corrected chi connectivity index (χ0v) is 22.3. The first-order chi connectivity index (χ1) is 18.1. The molecule has 0 saturated carbocycles. The third-order valence-corrected chi connectivity index (χ3v) is 7.90. The van der Waals surface area contributed by atoms with Gasteiger partial charge in [-0.2, -0.15) is 0 Å². The Morgan fingerprint density at radius 1 is 1.08 bits per heavy atom. The second kappa shape index (κ2) is 10.0. The van der Waals surface area contributed by atoms with E-state index in [1.165, 1.54) is 4.90 Å². The lowest BCUT2D eigenvalue weighted by Crippen LogP contribution is -2.52. The SMILES string of the molecule is Bc1c(CN2CCOCC2=O)ccc(C(B)(B)Oc2cccc3c2CN(C2CCC(=O)NC2=O)C3=O)c1B. The molecule has 0 radical (unpaired) electrons. The number of fused-ring (bicyclic) bond motifs is 1. The molecule has 2 aromatic carbocycles. The Kier molecular flexibility index (Phi) is 6.90. The fraction of sp³-hybridized carbons (Fsp3) is 0.360.